The number of amides is 1. The molecule has 1 aliphatic rings. The van der Waals surface area contributed by atoms with Crippen LogP contribution in [0.5, 0.6) is 0 Å². The molecule has 1 fully saturated rings. The maximum atomic E-state index is 13.8. The van der Waals surface area contributed by atoms with E-state index >= 15 is 0 Å². The summed E-state index contributed by atoms with van der Waals surface area (Å²) >= 11 is 0. The largest absolute Gasteiger partial charge is 0.416 e. The number of halogens is 4. The number of benzene rings is 1. The third-order valence-electron chi connectivity index (χ3n) is 3.47. The zero-order valence-corrected chi connectivity index (χ0v) is 11.3. The number of nitrogens with zero attached hydrogens (tertiary/aromatic N) is 4. The molecule has 1 heterocycles. The van der Waals surface area contributed by atoms with Crippen LogP contribution in [-0.2, 0) is 17.5 Å². The van der Waals surface area contributed by atoms with Crippen molar-refractivity contribution < 1.29 is 22.4 Å². The average Bonchev–Trinajstić information content (AvgIpc) is 2.78. The highest BCUT2D eigenvalue weighted by Gasteiger charge is 2.36. The topological polar surface area (TPSA) is 69.1 Å². The quantitative estimate of drug-likeness (QED) is 0.363. The number of azide groups is 1. The average molecular weight is 316 g/mol. The van der Waals surface area contributed by atoms with Crippen molar-refractivity contribution in [2.45, 2.75) is 19.1 Å². The van der Waals surface area contributed by atoms with Crippen LogP contribution < -0.4 is 0 Å². The monoisotopic (exact) mass is 316 g/mol. The Labute approximate surface area is 123 Å². The van der Waals surface area contributed by atoms with Crippen LogP contribution in [0.4, 0.5) is 17.6 Å². The minimum atomic E-state index is -4.69. The highest BCUT2D eigenvalue weighted by atomic mass is 19.4. The summed E-state index contributed by atoms with van der Waals surface area (Å²) < 4.78 is 52.5. The summed E-state index contributed by atoms with van der Waals surface area (Å²) in [7, 11) is 0. The van der Waals surface area contributed by atoms with E-state index in [-0.39, 0.29) is 31.3 Å². The molecular formula is C13H12F4N4O. The molecule has 0 N–H and O–H groups in total. The first-order chi connectivity index (χ1) is 10.3. The van der Waals surface area contributed by atoms with Gasteiger partial charge in [0, 0.05) is 36.5 Å². The minimum Gasteiger partial charge on any atom is -0.338 e. The lowest BCUT2D eigenvalue weighted by molar-refractivity contribution is -0.139. The zero-order chi connectivity index (χ0) is 16.3. The second-order valence-corrected chi connectivity index (χ2v) is 5.02. The SMILES string of the molecule is [N-]=[N+]=NCC1CC(=O)N(Cc2c(F)cccc2C(F)(F)F)C1. The number of carbonyl (C=O) groups is 1. The Bertz CT molecular complexity index is 625. The van der Waals surface area contributed by atoms with Crippen LogP contribution in [0.3, 0.4) is 0 Å². The molecule has 0 bridgehead atoms. The summed E-state index contributed by atoms with van der Waals surface area (Å²) in [5, 5.41) is 3.35. The van der Waals surface area contributed by atoms with Crippen molar-refractivity contribution in [2.75, 3.05) is 13.1 Å². The van der Waals surface area contributed by atoms with E-state index in [0.717, 1.165) is 23.1 Å². The molecule has 0 radical (unpaired) electrons. The first-order valence-corrected chi connectivity index (χ1v) is 6.46. The molecule has 1 amide bonds. The smallest absolute Gasteiger partial charge is 0.338 e. The Morgan fingerprint density at radius 1 is 1.41 bits per heavy atom. The van der Waals surface area contributed by atoms with Crippen molar-refractivity contribution >= 4 is 5.91 Å². The molecule has 2 rings (SSSR count). The van der Waals surface area contributed by atoms with Crippen molar-refractivity contribution in [3.8, 4) is 0 Å². The summed E-state index contributed by atoms with van der Waals surface area (Å²) in [5.41, 5.74) is 6.61. The summed E-state index contributed by atoms with van der Waals surface area (Å²) in [6, 6.07) is 2.71. The van der Waals surface area contributed by atoms with Crippen LogP contribution in [0, 0.1) is 11.7 Å². The van der Waals surface area contributed by atoms with Gasteiger partial charge < -0.3 is 4.90 Å². The standard InChI is InChI=1S/C13H12F4N4O/c14-11-3-1-2-10(13(15,16)17)9(11)7-21-6-8(4-12(21)22)5-19-20-18/h1-3,8H,4-7H2. The number of hydrogen-bond donors (Lipinski definition) is 0. The van der Waals surface area contributed by atoms with E-state index in [1.807, 2.05) is 0 Å². The van der Waals surface area contributed by atoms with Crippen LogP contribution in [0.1, 0.15) is 17.5 Å². The minimum absolute atomic E-state index is 0.0782. The fourth-order valence-electron chi connectivity index (χ4n) is 2.46. The van der Waals surface area contributed by atoms with E-state index in [1.54, 1.807) is 0 Å². The number of likely N-dealkylation sites (tertiary alicyclic amines) is 1. The summed E-state index contributed by atoms with van der Waals surface area (Å²) in [6.45, 7) is -0.223. The fraction of sp³-hybridized carbons (Fsp3) is 0.462. The Balaban J connectivity index is 2.21. The second kappa shape index (κ2) is 6.23. The first kappa shape index (κ1) is 16.1. The lowest BCUT2D eigenvalue weighted by Crippen LogP contribution is -2.27. The Hall–Kier alpha value is -2.28. The molecule has 9 heteroatoms. The fourth-order valence-corrected chi connectivity index (χ4v) is 2.46. The van der Waals surface area contributed by atoms with Gasteiger partial charge in [0.2, 0.25) is 5.91 Å². The van der Waals surface area contributed by atoms with E-state index in [9.17, 15) is 22.4 Å². The molecule has 1 saturated heterocycles. The van der Waals surface area contributed by atoms with E-state index in [1.165, 1.54) is 0 Å². The first-order valence-electron chi connectivity index (χ1n) is 6.46. The van der Waals surface area contributed by atoms with E-state index in [4.69, 9.17) is 5.53 Å². The van der Waals surface area contributed by atoms with Gasteiger partial charge in [-0.15, -0.1) is 0 Å². The normalized spacial score (nSPS) is 18.5. The van der Waals surface area contributed by atoms with E-state index in [2.05, 4.69) is 10.0 Å². The van der Waals surface area contributed by atoms with Gasteiger partial charge >= 0.3 is 6.18 Å². The molecule has 0 aromatic heterocycles. The van der Waals surface area contributed by atoms with Gasteiger partial charge in [0.1, 0.15) is 5.82 Å². The third kappa shape index (κ3) is 3.48. The maximum absolute atomic E-state index is 13.8. The van der Waals surface area contributed by atoms with Gasteiger partial charge in [-0.1, -0.05) is 11.2 Å². The highest BCUT2D eigenvalue weighted by Crippen LogP contribution is 2.34. The predicted molar refractivity (Wildman–Crippen MR) is 68.9 cm³/mol. The number of alkyl halides is 3. The third-order valence-corrected chi connectivity index (χ3v) is 3.47. The van der Waals surface area contributed by atoms with Crippen molar-refractivity contribution in [3.63, 3.8) is 0 Å². The van der Waals surface area contributed by atoms with E-state index in [0.29, 0.717) is 0 Å². The molecular weight excluding hydrogens is 304 g/mol. The molecule has 0 aliphatic carbocycles. The number of hydrogen-bond acceptors (Lipinski definition) is 2. The number of rotatable bonds is 4. The Morgan fingerprint density at radius 3 is 2.77 bits per heavy atom. The molecule has 1 aromatic rings. The molecule has 0 saturated carbocycles. The molecule has 0 spiro atoms. The van der Waals surface area contributed by atoms with Crippen molar-refractivity contribution in [1.82, 2.24) is 4.90 Å². The molecule has 5 nitrogen and oxygen atoms in total. The van der Waals surface area contributed by atoms with Crippen LogP contribution in [0.2, 0.25) is 0 Å². The maximum Gasteiger partial charge on any atom is 0.416 e. The molecule has 118 valence electrons. The van der Waals surface area contributed by atoms with Gasteiger partial charge in [-0.25, -0.2) is 4.39 Å². The zero-order valence-electron chi connectivity index (χ0n) is 11.3. The van der Waals surface area contributed by atoms with Gasteiger partial charge in [0.05, 0.1) is 5.56 Å². The highest BCUT2D eigenvalue weighted by molar-refractivity contribution is 5.78. The van der Waals surface area contributed by atoms with Crippen molar-refractivity contribution in [2.24, 2.45) is 11.0 Å². The lowest BCUT2D eigenvalue weighted by atomic mass is 10.1. The van der Waals surface area contributed by atoms with Gasteiger partial charge in [0.25, 0.3) is 0 Å². The van der Waals surface area contributed by atoms with Crippen LogP contribution in [0.25, 0.3) is 10.4 Å². The van der Waals surface area contributed by atoms with Gasteiger partial charge in [0.15, 0.2) is 0 Å². The summed E-state index contributed by atoms with van der Waals surface area (Å²) in [6.07, 6.45) is -4.61. The van der Waals surface area contributed by atoms with Gasteiger partial charge in [-0.05, 0) is 23.6 Å². The van der Waals surface area contributed by atoms with Crippen LogP contribution in [0.15, 0.2) is 23.3 Å². The lowest BCUT2D eigenvalue weighted by Gasteiger charge is -2.20. The second-order valence-electron chi connectivity index (χ2n) is 5.02. The Kier molecular flexibility index (Phi) is 4.56. The van der Waals surface area contributed by atoms with Crippen molar-refractivity contribution in [1.29, 1.82) is 0 Å². The number of carbonyl (C=O) groups excluding carboxylic acids is 1. The molecule has 1 atom stereocenters. The predicted octanol–water partition coefficient (Wildman–Crippen LogP) is 3.50. The molecule has 22 heavy (non-hydrogen) atoms. The molecule has 1 aliphatic heterocycles. The van der Waals surface area contributed by atoms with Crippen molar-refractivity contribution in [3.05, 3.63) is 45.6 Å². The van der Waals surface area contributed by atoms with Gasteiger partial charge in [-0.2, -0.15) is 13.2 Å². The van der Waals surface area contributed by atoms with Crippen LogP contribution >= 0.6 is 0 Å². The molecule has 1 unspecified atom stereocenters. The summed E-state index contributed by atoms with van der Waals surface area (Å²) in [4.78, 5) is 15.6. The van der Waals surface area contributed by atoms with E-state index < -0.39 is 29.7 Å². The summed E-state index contributed by atoms with van der Waals surface area (Å²) in [5.74, 6) is -1.64. The van der Waals surface area contributed by atoms with Gasteiger partial charge in [-0.3, -0.25) is 4.79 Å². The van der Waals surface area contributed by atoms with Crippen LogP contribution in [-0.4, -0.2) is 23.9 Å². The Morgan fingerprint density at radius 2 is 2.14 bits per heavy atom. The molecule has 1 aromatic carbocycles.